The topological polar surface area (TPSA) is 89.5 Å². The Labute approximate surface area is 119 Å². The second kappa shape index (κ2) is 5.76. The Hall–Kier alpha value is -1.66. The first-order chi connectivity index (χ1) is 9.35. The highest BCUT2D eigenvalue weighted by Crippen LogP contribution is 2.16. The molecular formula is C14H23N5O. The normalized spacial score (nSPS) is 17.2. The maximum absolute atomic E-state index is 9.84. The van der Waals surface area contributed by atoms with Gasteiger partial charge >= 0.3 is 0 Å². The number of amidine groups is 1. The minimum atomic E-state index is -0.646. The van der Waals surface area contributed by atoms with E-state index in [2.05, 4.69) is 14.8 Å². The van der Waals surface area contributed by atoms with E-state index in [0.717, 1.165) is 31.9 Å². The van der Waals surface area contributed by atoms with Crippen molar-refractivity contribution in [1.82, 2.24) is 9.88 Å². The molecule has 0 atom stereocenters. The number of β-amino-alcohol motifs (C(OH)–C–C–N with tert-alkyl or cyclic N) is 1. The second-order valence-corrected chi connectivity index (χ2v) is 5.89. The number of nitrogens with two attached hydrogens (primary N) is 1. The van der Waals surface area contributed by atoms with E-state index in [1.165, 1.54) is 0 Å². The summed E-state index contributed by atoms with van der Waals surface area (Å²) in [5.41, 5.74) is 6.31. The van der Waals surface area contributed by atoms with Crippen LogP contribution in [0.15, 0.2) is 18.3 Å². The lowest BCUT2D eigenvalue weighted by molar-refractivity contribution is 0.0345. The third kappa shape index (κ3) is 3.91. The van der Waals surface area contributed by atoms with Gasteiger partial charge in [0.05, 0.1) is 17.5 Å². The van der Waals surface area contributed by atoms with E-state index < -0.39 is 5.60 Å². The van der Waals surface area contributed by atoms with Gasteiger partial charge in [0.2, 0.25) is 0 Å². The van der Waals surface area contributed by atoms with Crippen LogP contribution in [0.25, 0.3) is 0 Å². The number of nitrogens with zero attached hydrogens (tertiary/aromatic N) is 3. The number of nitrogens with one attached hydrogen (secondary N) is 1. The van der Waals surface area contributed by atoms with Crippen molar-refractivity contribution < 1.29 is 5.11 Å². The Morgan fingerprint density at radius 1 is 1.35 bits per heavy atom. The molecule has 20 heavy (non-hydrogen) atoms. The molecule has 4 N–H and O–H groups in total. The smallest absolute Gasteiger partial charge is 0.141 e. The van der Waals surface area contributed by atoms with Crippen LogP contribution >= 0.6 is 0 Å². The maximum atomic E-state index is 9.84. The number of rotatable bonds is 4. The van der Waals surface area contributed by atoms with Crippen LogP contribution in [0.5, 0.6) is 0 Å². The standard InChI is InChI=1S/C14H23N5O/c1-14(2,20)10-18-5-7-19(8-6-18)11-3-4-12(13(15)16)17-9-11/h3-4,9,20H,5-8,10H2,1-2H3,(H3,15,16). The molecule has 1 aliphatic heterocycles. The fourth-order valence-electron chi connectivity index (χ4n) is 2.44. The molecule has 0 amide bonds. The molecule has 0 aliphatic carbocycles. The summed E-state index contributed by atoms with van der Waals surface area (Å²) in [6.45, 7) is 8.06. The SMILES string of the molecule is CC(C)(O)CN1CCN(c2ccc(C(=N)N)nc2)CC1. The van der Waals surface area contributed by atoms with Gasteiger partial charge in [0.1, 0.15) is 11.5 Å². The van der Waals surface area contributed by atoms with Crippen LogP contribution in [0.1, 0.15) is 19.5 Å². The lowest BCUT2D eigenvalue weighted by atomic mass is 10.1. The van der Waals surface area contributed by atoms with Crippen molar-refractivity contribution in [2.24, 2.45) is 5.73 Å². The molecule has 1 fully saturated rings. The van der Waals surface area contributed by atoms with Crippen LogP contribution in [-0.2, 0) is 0 Å². The molecular weight excluding hydrogens is 254 g/mol. The number of piperazine rings is 1. The predicted molar refractivity (Wildman–Crippen MR) is 80.2 cm³/mol. The molecule has 0 saturated carbocycles. The molecule has 2 rings (SSSR count). The van der Waals surface area contributed by atoms with Gasteiger partial charge in [0.25, 0.3) is 0 Å². The Balaban J connectivity index is 1.92. The zero-order chi connectivity index (χ0) is 14.8. The molecule has 110 valence electrons. The summed E-state index contributed by atoms with van der Waals surface area (Å²) in [6, 6.07) is 3.73. The molecule has 0 aromatic carbocycles. The number of nitrogen functional groups attached to an aromatic ring is 1. The van der Waals surface area contributed by atoms with Crippen molar-refractivity contribution in [2.45, 2.75) is 19.4 Å². The number of aromatic nitrogens is 1. The van der Waals surface area contributed by atoms with Gasteiger partial charge in [-0.3, -0.25) is 15.3 Å². The fourth-order valence-corrected chi connectivity index (χ4v) is 2.44. The Morgan fingerprint density at radius 2 is 2.00 bits per heavy atom. The van der Waals surface area contributed by atoms with E-state index in [1.54, 1.807) is 12.3 Å². The van der Waals surface area contributed by atoms with E-state index in [9.17, 15) is 5.11 Å². The summed E-state index contributed by atoms with van der Waals surface area (Å²) in [4.78, 5) is 8.72. The molecule has 0 spiro atoms. The number of hydrogen-bond acceptors (Lipinski definition) is 5. The van der Waals surface area contributed by atoms with Crippen molar-refractivity contribution in [3.8, 4) is 0 Å². The van der Waals surface area contributed by atoms with Crippen LogP contribution in [0.2, 0.25) is 0 Å². The summed E-state index contributed by atoms with van der Waals surface area (Å²) >= 11 is 0. The maximum Gasteiger partial charge on any atom is 0.141 e. The monoisotopic (exact) mass is 277 g/mol. The van der Waals surface area contributed by atoms with Gasteiger partial charge in [-0.2, -0.15) is 0 Å². The van der Waals surface area contributed by atoms with E-state index >= 15 is 0 Å². The number of anilines is 1. The number of pyridine rings is 1. The molecule has 1 aromatic rings. The first-order valence-electron chi connectivity index (χ1n) is 6.85. The third-order valence-corrected chi connectivity index (χ3v) is 3.37. The molecule has 1 aliphatic rings. The largest absolute Gasteiger partial charge is 0.389 e. The van der Waals surface area contributed by atoms with Gasteiger partial charge in [0.15, 0.2) is 0 Å². The molecule has 6 nitrogen and oxygen atoms in total. The quantitative estimate of drug-likeness (QED) is 0.542. The highest BCUT2D eigenvalue weighted by atomic mass is 16.3. The minimum absolute atomic E-state index is 0.00783. The van der Waals surface area contributed by atoms with Gasteiger partial charge in [-0.25, -0.2) is 0 Å². The Morgan fingerprint density at radius 3 is 2.45 bits per heavy atom. The summed E-state index contributed by atoms with van der Waals surface area (Å²) < 4.78 is 0. The van der Waals surface area contributed by atoms with Crippen LogP contribution in [0.3, 0.4) is 0 Å². The average Bonchev–Trinajstić information content (AvgIpc) is 2.38. The van der Waals surface area contributed by atoms with Gasteiger partial charge < -0.3 is 15.7 Å². The van der Waals surface area contributed by atoms with Gasteiger partial charge in [-0.05, 0) is 26.0 Å². The first-order valence-corrected chi connectivity index (χ1v) is 6.85. The van der Waals surface area contributed by atoms with E-state index in [4.69, 9.17) is 11.1 Å². The number of hydrogen-bond donors (Lipinski definition) is 3. The van der Waals surface area contributed by atoms with Gasteiger partial charge in [0, 0.05) is 32.7 Å². The highest BCUT2D eigenvalue weighted by Gasteiger charge is 2.22. The van der Waals surface area contributed by atoms with Crippen molar-refractivity contribution in [2.75, 3.05) is 37.6 Å². The van der Waals surface area contributed by atoms with Crippen molar-refractivity contribution >= 4 is 11.5 Å². The average molecular weight is 277 g/mol. The number of aliphatic hydroxyl groups is 1. The summed E-state index contributed by atoms with van der Waals surface area (Å²) in [7, 11) is 0. The summed E-state index contributed by atoms with van der Waals surface area (Å²) in [5.74, 6) is -0.00783. The van der Waals surface area contributed by atoms with E-state index in [0.29, 0.717) is 12.2 Å². The first kappa shape index (κ1) is 14.7. The van der Waals surface area contributed by atoms with E-state index in [1.807, 2.05) is 19.9 Å². The van der Waals surface area contributed by atoms with Crippen LogP contribution in [-0.4, -0.2) is 59.2 Å². The van der Waals surface area contributed by atoms with Crippen molar-refractivity contribution in [3.63, 3.8) is 0 Å². The van der Waals surface area contributed by atoms with Gasteiger partial charge in [-0.1, -0.05) is 0 Å². The molecule has 2 heterocycles. The lowest BCUT2D eigenvalue weighted by Gasteiger charge is -2.38. The van der Waals surface area contributed by atoms with Crippen LogP contribution in [0.4, 0.5) is 5.69 Å². The molecule has 6 heteroatoms. The molecule has 0 unspecified atom stereocenters. The molecule has 1 saturated heterocycles. The third-order valence-electron chi connectivity index (χ3n) is 3.37. The Bertz CT molecular complexity index is 457. The van der Waals surface area contributed by atoms with Crippen molar-refractivity contribution in [3.05, 3.63) is 24.0 Å². The predicted octanol–water partition coefficient (Wildman–Crippen LogP) is 0.259. The molecule has 0 bridgehead atoms. The summed E-state index contributed by atoms with van der Waals surface area (Å²) in [5, 5.41) is 17.2. The van der Waals surface area contributed by atoms with Crippen LogP contribution in [0, 0.1) is 5.41 Å². The van der Waals surface area contributed by atoms with Crippen molar-refractivity contribution in [1.29, 1.82) is 5.41 Å². The Kier molecular flexibility index (Phi) is 4.25. The van der Waals surface area contributed by atoms with Crippen LogP contribution < -0.4 is 10.6 Å². The fraction of sp³-hybridized carbons (Fsp3) is 0.571. The zero-order valence-electron chi connectivity index (χ0n) is 12.1. The summed E-state index contributed by atoms with van der Waals surface area (Å²) in [6.07, 6.45) is 1.77. The minimum Gasteiger partial charge on any atom is -0.389 e. The lowest BCUT2D eigenvalue weighted by Crippen LogP contribution is -2.50. The molecule has 1 aromatic heterocycles. The van der Waals surface area contributed by atoms with Gasteiger partial charge in [-0.15, -0.1) is 0 Å². The second-order valence-electron chi connectivity index (χ2n) is 5.89. The molecule has 0 radical (unpaired) electrons. The van der Waals surface area contributed by atoms with E-state index in [-0.39, 0.29) is 5.84 Å². The zero-order valence-corrected chi connectivity index (χ0v) is 12.1. The highest BCUT2D eigenvalue weighted by molar-refractivity contribution is 5.93.